The van der Waals surface area contributed by atoms with Crippen LogP contribution in [0.25, 0.3) is 0 Å². The third-order valence-electron chi connectivity index (χ3n) is 3.86. The molecule has 3 heteroatoms. The second-order valence-corrected chi connectivity index (χ2v) is 11.4. The van der Waals surface area contributed by atoms with Crippen molar-refractivity contribution >= 4 is 8.07 Å². The van der Waals surface area contributed by atoms with Crippen molar-refractivity contribution in [1.29, 1.82) is 0 Å². The molecular weight excluding hydrogens is 238 g/mol. The Hall–Kier alpha value is -0.563. The molecule has 4 atom stereocenters. The Morgan fingerprint density at radius 2 is 2.17 bits per heavy atom. The van der Waals surface area contributed by atoms with Gasteiger partial charge in [-0.2, -0.15) is 0 Å². The molecule has 2 rings (SSSR count). The van der Waals surface area contributed by atoms with Gasteiger partial charge in [0, 0.05) is 12.5 Å². The van der Waals surface area contributed by atoms with Crippen LogP contribution in [0, 0.1) is 17.4 Å². The molecule has 4 unspecified atom stereocenters. The van der Waals surface area contributed by atoms with Crippen LogP contribution >= 0.6 is 0 Å². The van der Waals surface area contributed by atoms with Gasteiger partial charge in [-0.25, -0.2) is 0 Å². The van der Waals surface area contributed by atoms with Crippen molar-refractivity contribution in [2.75, 3.05) is 7.05 Å². The molecule has 0 spiro atoms. The summed E-state index contributed by atoms with van der Waals surface area (Å²) in [4.78, 5) is 0. The largest absolute Gasteiger partial charge is 0.361 e. The van der Waals surface area contributed by atoms with Crippen molar-refractivity contribution in [2.45, 2.75) is 57.2 Å². The molecule has 0 aromatic rings. The van der Waals surface area contributed by atoms with Gasteiger partial charge in [-0.05, 0) is 19.4 Å². The van der Waals surface area contributed by atoms with Crippen molar-refractivity contribution in [3.8, 4) is 11.5 Å². The first-order valence-electron chi connectivity index (χ1n) is 6.91. The molecule has 0 saturated carbocycles. The van der Waals surface area contributed by atoms with Gasteiger partial charge in [-0.15, -0.1) is 11.5 Å². The first kappa shape index (κ1) is 13.9. The fourth-order valence-electron chi connectivity index (χ4n) is 2.83. The Bertz CT molecular complexity index is 401. The van der Waals surface area contributed by atoms with E-state index in [9.17, 15) is 0 Å². The van der Waals surface area contributed by atoms with Crippen LogP contribution in [0.15, 0.2) is 12.2 Å². The summed E-state index contributed by atoms with van der Waals surface area (Å²) in [6.07, 6.45) is 6.77. The maximum Gasteiger partial charge on any atom is 0.129 e. The summed E-state index contributed by atoms with van der Waals surface area (Å²) in [5, 5.41) is 3.42. The van der Waals surface area contributed by atoms with Gasteiger partial charge in [0.2, 0.25) is 0 Å². The van der Waals surface area contributed by atoms with Crippen LogP contribution in [0.5, 0.6) is 0 Å². The number of rotatable bonds is 2. The molecule has 18 heavy (non-hydrogen) atoms. The molecule has 0 radical (unpaired) electrons. The van der Waals surface area contributed by atoms with Gasteiger partial charge in [0.05, 0.1) is 6.10 Å². The van der Waals surface area contributed by atoms with Gasteiger partial charge in [-0.3, -0.25) is 0 Å². The summed E-state index contributed by atoms with van der Waals surface area (Å²) >= 11 is 0. The Kier molecular flexibility index (Phi) is 3.73. The molecule has 1 saturated heterocycles. The van der Waals surface area contributed by atoms with Crippen LogP contribution in [0.3, 0.4) is 0 Å². The van der Waals surface area contributed by atoms with Crippen molar-refractivity contribution in [2.24, 2.45) is 5.92 Å². The minimum atomic E-state index is -1.28. The summed E-state index contributed by atoms with van der Waals surface area (Å²) < 4.78 is 6.25. The highest BCUT2D eigenvalue weighted by atomic mass is 28.3. The lowest BCUT2D eigenvalue weighted by Crippen LogP contribution is -2.54. The first-order chi connectivity index (χ1) is 8.36. The fraction of sp³-hybridized carbons (Fsp3) is 0.733. The summed E-state index contributed by atoms with van der Waals surface area (Å²) in [6.45, 7) is 9.11. The zero-order chi connectivity index (χ0) is 13.4. The van der Waals surface area contributed by atoms with Gasteiger partial charge in [0.15, 0.2) is 0 Å². The van der Waals surface area contributed by atoms with E-state index in [0.29, 0.717) is 18.1 Å². The third-order valence-corrected chi connectivity index (χ3v) is 4.78. The molecule has 2 aliphatic heterocycles. The maximum absolute atomic E-state index is 6.25. The molecule has 2 nitrogen and oxygen atoms in total. The lowest BCUT2D eigenvalue weighted by molar-refractivity contribution is -0.101. The Morgan fingerprint density at radius 1 is 1.44 bits per heavy atom. The van der Waals surface area contributed by atoms with E-state index in [0.717, 1.165) is 6.42 Å². The van der Waals surface area contributed by atoms with Gasteiger partial charge in [0.25, 0.3) is 0 Å². The number of ether oxygens (including phenoxy) is 1. The summed E-state index contributed by atoms with van der Waals surface area (Å²) in [5.41, 5.74) is 3.27. The Morgan fingerprint density at radius 3 is 2.78 bits per heavy atom. The lowest BCUT2D eigenvalue weighted by Gasteiger charge is -2.42. The van der Waals surface area contributed by atoms with Crippen molar-refractivity contribution in [3.05, 3.63) is 12.2 Å². The summed E-state index contributed by atoms with van der Waals surface area (Å²) in [6, 6.07) is 0.387. The van der Waals surface area contributed by atoms with Gasteiger partial charge < -0.3 is 10.1 Å². The molecule has 0 aromatic carbocycles. The molecular formula is C15H25NOSi. The van der Waals surface area contributed by atoms with Crippen LogP contribution in [0.1, 0.15) is 19.8 Å². The number of fused-ring (bicyclic) bond motifs is 2. The van der Waals surface area contributed by atoms with Crippen LogP contribution in [0.2, 0.25) is 19.6 Å². The molecule has 1 N–H and O–H groups in total. The SMILES string of the molecule is CNC1CC(C)C2C=CC1(CC#C[Si](C)(C)C)O2. The smallest absolute Gasteiger partial charge is 0.129 e. The van der Waals surface area contributed by atoms with Crippen LogP contribution in [0.4, 0.5) is 0 Å². The van der Waals surface area contributed by atoms with Gasteiger partial charge in [0.1, 0.15) is 13.7 Å². The van der Waals surface area contributed by atoms with Crippen LogP contribution in [-0.2, 0) is 4.74 Å². The van der Waals surface area contributed by atoms with E-state index in [-0.39, 0.29) is 5.60 Å². The van der Waals surface area contributed by atoms with Crippen LogP contribution < -0.4 is 5.32 Å². The topological polar surface area (TPSA) is 21.3 Å². The summed E-state index contributed by atoms with van der Waals surface area (Å²) in [5.74, 6) is 3.98. The van der Waals surface area contributed by atoms with Gasteiger partial charge >= 0.3 is 0 Å². The first-order valence-corrected chi connectivity index (χ1v) is 10.4. The van der Waals surface area contributed by atoms with E-state index in [1.807, 2.05) is 7.05 Å². The van der Waals surface area contributed by atoms with E-state index in [1.54, 1.807) is 0 Å². The highest BCUT2D eigenvalue weighted by molar-refractivity contribution is 6.83. The highest BCUT2D eigenvalue weighted by Gasteiger charge is 2.48. The molecule has 1 fully saturated rings. The average molecular weight is 263 g/mol. The maximum atomic E-state index is 6.25. The normalized spacial score (nSPS) is 38.4. The van der Waals surface area contributed by atoms with Crippen molar-refractivity contribution in [3.63, 3.8) is 0 Å². The second kappa shape index (κ2) is 4.84. The molecule has 2 aliphatic rings. The minimum absolute atomic E-state index is 0.182. The van der Waals surface area contributed by atoms with E-state index in [1.165, 1.54) is 6.42 Å². The number of nitrogens with one attached hydrogen (secondary N) is 1. The van der Waals surface area contributed by atoms with Crippen molar-refractivity contribution in [1.82, 2.24) is 5.32 Å². The molecule has 2 heterocycles. The second-order valence-electron chi connectivity index (χ2n) is 6.68. The van der Waals surface area contributed by atoms with Gasteiger partial charge in [-0.1, -0.05) is 38.7 Å². The average Bonchev–Trinajstić information content (AvgIpc) is 2.64. The predicted molar refractivity (Wildman–Crippen MR) is 79.1 cm³/mol. The quantitative estimate of drug-likeness (QED) is 0.470. The predicted octanol–water partition coefficient (Wildman–Crippen LogP) is 2.58. The zero-order valence-corrected chi connectivity index (χ0v) is 13.2. The van der Waals surface area contributed by atoms with E-state index in [4.69, 9.17) is 4.74 Å². The van der Waals surface area contributed by atoms with E-state index < -0.39 is 8.07 Å². The Balaban J connectivity index is 2.14. The number of hydrogen-bond donors (Lipinski definition) is 1. The molecule has 0 amide bonds. The van der Waals surface area contributed by atoms with Crippen LogP contribution in [-0.4, -0.2) is 32.9 Å². The molecule has 2 bridgehead atoms. The zero-order valence-electron chi connectivity index (χ0n) is 12.2. The molecule has 100 valence electrons. The molecule has 0 aromatic heterocycles. The monoisotopic (exact) mass is 263 g/mol. The van der Waals surface area contributed by atoms with Crippen molar-refractivity contribution < 1.29 is 4.74 Å². The van der Waals surface area contributed by atoms with E-state index in [2.05, 4.69) is 55.5 Å². The third kappa shape index (κ3) is 2.71. The Labute approximate surface area is 112 Å². The lowest BCUT2D eigenvalue weighted by atomic mass is 9.83. The fourth-order valence-corrected chi connectivity index (χ4v) is 3.45. The number of likely N-dealkylation sites (N-methyl/N-ethyl adjacent to an activating group) is 1. The highest BCUT2D eigenvalue weighted by Crippen LogP contribution is 2.41. The number of hydrogen-bond acceptors (Lipinski definition) is 2. The molecule has 0 aliphatic carbocycles. The van der Waals surface area contributed by atoms with E-state index >= 15 is 0 Å². The summed E-state index contributed by atoms with van der Waals surface area (Å²) in [7, 11) is 0.748. The minimum Gasteiger partial charge on any atom is -0.361 e. The standard InChI is InChI=1S/C15H25NOSi/c1-12-11-14(16-2)15(9-7-13(12)17-15)8-6-10-18(3,4)5/h7,9,12-14,16H,8,11H2,1-5H3.